The van der Waals surface area contributed by atoms with Crippen molar-refractivity contribution in [1.82, 2.24) is 10.2 Å². The Bertz CT molecular complexity index is 565. The molecule has 1 fully saturated rings. The van der Waals surface area contributed by atoms with Crippen LogP contribution in [0.4, 0.5) is 0 Å². The van der Waals surface area contributed by atoms with Gasteiger partial charge in [0, 0.05) is 24.7 Å². The number of hydrogen-bond acceptors (Lipinski definition) is 4. The van der Waals surface area contributed by atoms with Crippen molar-refractivity contribution in [2.75, 3.05) is 26.2 Å². The number of amides is 2. The zero-order valence-electron chi connectivity index (χ0n) is 12.5. The smallest absolute Gasteiger partial charge is 0.258 e. The van der Waals surface area contributed by atoms with E-state index in [0.29, 0.717) is 49.0 Å². The van der Waals surface area contributed by atoms with Gasteiger partial charge in [-0.2, -0.15) is 0 Å². The molecule has 0 bridgehead atoms. The third kappa shape index (κ3) is 3.51. The van der Waals surface area contributed by atoms with Gasteiger partial charge in [0.2, 0.25) is 5.91 Å². The van der Waals surface area contributed by atoms with Crippen LogP contribution < -0.4 is 15.8 Å². The minimum atomic E-state index is -0.470. The summed E-state index contributed by atoms with van der Waals surface area (Å²) in [5.41, 5.74) is 5.79. The van der Waals surface area contributed by atoms with E-state index in [1.165, 1.54) is 0 Å². The lowest BCUT2D eigenvalue weighted by atomic mass is 10.1. The van der Waals surface area contributed by atoms with Gasteiger partial charge in [0.05, 0.1) is 5.56 Å². The number of ether oxygens (including phenoxy) is 1. The summed E-state index contributed by atoms with van der Waals surface area (Å²) in [6, 6.07) is 4.40. The first kappa shape index (κ1) is 16.6. The molecule has 120 valence electrons. The summed E-state index contributed by atoms with van der Waals surface area (Å²) in [5, 5.41) is 3.22. The number of halogens is 1. The Morgan fingerprint density at radius 3 is 3.00 bits per heavy atom. The molecule has 2 rings (SSSR count). The van der Waals surface area contributed by atoms with Crippen LogP contribution in [0.2, 0.25) is 5.02 Å². The minimum absolute atomic E-state index is 0.131. The van der Waals surface area contributed by atoms with Crippen molar-refractivity contribution in [1.29, 1.82) is 0 Å². The Balaban J connectivity index is 2.31. The van der Waals surface area contributed by atoms with Crippen LogP contribution in [0, 0.1) is 0 Å². The summed E-state index contributed by atoms with van der Waals surface area (Å²) in [6.45, 7) is 3.44. The van der Waals surface area contributed by atoms with E-state index < -0.39 is 6.04 Å². The quantitative estimate of drug-likeness (QED) is 0.846. The Hall–Kier alpha value is -1.79. The van der Waals surface area contributed by atoms with E-state index in [2.05, 4.69) is 5.32 Å². The predicted molar refractivity (Wildman–Crippen MR) is 84.1 cm³/mol. The summed E-state index contributed by atoms with van der Waals surface area (Å²) in [7, 11) is 0. The lowest BCUT2D eigenvalue weighted by molar-refractivity contribution is -0.127. The molecule has 1 saturated heterocycles. The van der Waals surface area contributed by atoms with E-state index in [9.17, 15) is 9.59 Å². The second-order valence-corrected chi connectivity index (χ2v) is 5.43. The Kier molecular flexibility index (Phi) is 5.63. The van der Waals surface area contributed by atoms with Gasteiger partial charge in [0.1, 0.15) is 18.4 Å². The summed E-state index contributed by atoms with van der Waals surface area (Å²) in [5.74, 6) is 0.0467. The van der Waals surface area contributed by atoms with E-state index in [4.69, 9.17) is 22.1 Å². The van der Waals surface area contributed by atoms with Crippen molar-refractivity contribution >= 4 is 23.4 Å². The number of rotatable bonds is 5. The van der Waals surface area contributed by atoms with Crippen LogP contribution in [0.25, 0.3) is 0 Å². The molecule has 22 heavy (non-hydrogen) atoms. The fraction of sp³-hybridized carbons (Fsp3) is 0.467. The van der Waals surface area contributed by atoms with Crippen molar-refractivity contribution in [2.45, 2.75) is 19.4 Å². The molecule has 2 amide bonds. The van der Waals surface area contributed by atoms with Crippen LogP contribution in [0.5, 0.6) is 5.75 Å². The number of nitrogens with one attached hydrogen (secondary N) is 1. The van der Waals surface area contributed by atoms with E-state index in [0.717, 1.165) is 0 Å². The molecule has 0 unspecified atom stereocenters. The molecule has 1 aliphatic heterocycles. The maximum atomic E-state index is 12.8. The summed E-state index contributed by atoms with van der Waals surface area (Å²) >= 11 is 6.00. The Morgan fingerprint density at radius 1 is 1.55 bits per heavy atom. The maximum Gasteiger partial charge on any atom is 0.258 e. The number of nitrogens with two attached hydrogens (primary N) is 1. The molecule has 1 aromatic carbocycles. The van der Waals surface area contributed by atoms with Gasteiger partial charge in [0.25, 0.3) is 5.91 Å². The van der Waals surface area contributed by atoms with E-state index in [1.54, 1.807) is 23.1 Å². The van der Waals surface area contributed by atoms with Crippen molar-refractivity contribution in [3.63, 3.8) is 0 Å². The second-order valence-electron chi connectivity index (χ2n) is 4.99. The molecule has 0 spiro atoms. The van der Waals surface area contributed by atoms with E-state index in [1.807, 2.05) is 6.92 Å². The van der Waals surface area contributed by atoms with Crippen molar-refractivity contribution in [3.05, 3.63) is 28.8 Å². The summed E-state index contributed by atoms with van der Waals surface area (Å²) in [6.07, 6.45) is 0.553. The average molecular weight is 326 g/mol. The summed E-state index contributed by atoms with van der Waals surface area (Å²) < 4.78 is 5.52. The van der Waals surface area contributed by atoms with Gasteiger partial charge in [-0.3, -0.25) is 9.59 Å². The highest BCUT2D eigenvalue weighted by atomic mass is 35.5. The van der Waals surface area contributed by atoms with Gasteiger partial charge in [-0.15, -0.1) is 0 Å². The normalized spacial score (nSPS) is 18.0. The first-order valence-electron chi connectivity index (χ1n) is 7.29. The number of piperazine rings is 1. The van der Waals surface area contributed by atoms with Crippen molar-refractivity contribution in [2.24, 2.45) is 5.73 Å². The predicted octanol–water partition coefficient (Wildman–Crippen LogP) is 1.03. The third-order valence-corrected chi connectivity index (χ3v) is 3.76. The summed E-state index contributed by atoms with van der Waals surface area (Å²) in [4.78, 5) is 26.3. The fourth-order valence-electron chi connectivity index (χ4n) is 2.48. The number of benzene rings is 1. The molecule has 0 radical (unpaired) electrons. The molecule has 3 N–H and O–H groups in total. The van der Waals surface area contributed by atoms with Gasteiger partial charge in [-0.05, 0) is 24.6 Å². The van der Waals surface area contributed by atoms with Crippen LogP contribution >= 0.6 is 11.6 Å². The average Bonchev–Trinajstić information content (AvgIpc) is 2.52. The minimum Gasteiger partial charge on any atom is -0.491 e. The largest absolute Gasteiger partial charge is 0.491 e. The lowest BCUT2D eigenvalue weighted by Gasteiger charge is -2.34. The fourth-order valence-corrected chi connectivity index (χ4v) is 2.65. The molecular weight excluding hydrogens is 306 g/mol. The number of carbonyl (C=O) groups is 2. The maximum absolute atomic E-state index is 12.8. The van der Waals surface area contributed by atoms with Crippen LogP contribution in [0.1, 0.15) is 23.7 Å². The number of carbonyl (C=O) groups excluding carboxylic acids is 2. The van der Waals surface area contributed by atoms with E-state index in [-0.39, 0.29) is 11.8 Å². The molecule has 1 aliphatic rings. The van der Waals surface area contributed by atoms with Crippen molar-refractivity contribution in [3.8, 4) is 5.75 Å². The molecule has 6 nitrogen and oxygen atoms in total. The first-order chi connectivity index (χ1) is 10.6. The van der Waals surface area contributed by atoms with Crippen LogP contribution in [0.3, 0.4) is 0 Å². The highest BCUT2D eigenvalue weighted by molar-refractivity contribution is 6.31. The second kappa shape index (κ2) is 7.47. The van der Waals surface area contributed by atoms with Gasteiger partial charge in [0.15, 0.2) is 0 Å². The van der Waals surface area contributed by atoms with Crippen LogP contribution in [0.15, 0.2) is 18.2 Å². The monoisotopic (exact) mass is 325 g/mol. The van der Waals surface area contributed by atoms with Gasteiger partial charge < -0.3 is 20.7 Å². The van der Waals surface area contributed by atoms with E-state index >= 15 is 0 Å². The molecule has 0 saturated carbocycles. The lowest BCUT2D eigenvalue weighted by Crippen LogP contribution is -2.56. The molecule has 7 heteroatoms. The van der Waals surface area contributed by atoms with Gasteiger partial charge >= 0.3 is 0 Å². The SMILES string of the molecule is CC[C@H]1C(=O)NCCN1C(=O)c1cc(Cl)ccc1OCCN. The molecule has 1 heterocycles. The number of hydrogen-bond donors (Lipinski definition) is 2. The molecule has 0 aromatic heterocycles. The zero-order valence-corrected chi connectivity index (χ0v) is 13.2. The first-order valence-corrected chi connectivity index (χ1v) is 7.67. The molecule has 0 aliphatic carbocycles. The Morgan fingerprint density at radius 2 is 2.32 bits per heavy atom. The molecular formula is C15H20ClN3O3. The topological polar surface area (TPSA) is 84.7 Å². The standard InChI is InChI=1S/C15H20ClN3O3/c1-2-12-14(20)18-6-7-19(12)15(21)11-9-10(16)3-4-13(11)22-8-5-17/h3-4,9,12H,2,5-8,17H2,1H3,(H,18,20)/t12-/m0/s1. The van der Waals surface area contributed by atoms with Crippen LogP contribution in [-0.4, -0.2) is 49.0 Å². The van der Waals surface area contributed by atoms with Crippen molar-refractivity contribution < 1.29 is 14.3 Å². The van der Waals surface area contributed by atoms with Gasteiger partial charge in [-0.1, -0.05) is 18.5 Å². The zero-order chi connectivity index (χ0) is 16.1. The highest BCUT2D eigenvalue weighted by Gasteiger charge is 2.33. The number of nitrogens with zero attached hydrogens (tertiary/aromatic N) is 1. The third-order valence-electron chi connectivity index (χ3n) is 3.53. The van der Waals surface area contributed by atoms with Gasteiger partial charge in [-0.25, -0.2) is 0 Å². The van der Waals surface area contributed by atoms with Crippen LogP contribution in [-0.2, 0) is 4.79 Å². The molecule has 1 aromatic rings. The molecule has 1 atom stereocenters. The Labute approximate surface area is 134 Å². The highest BCUT2D eigenvalue weighted by Crippen LogP contribution is 2.26.